The fraction of sp³-hybridized carbons (Fsp3) is 0.333. The molecule has 22 heavy (non-hydrogen) atoms. The Balaban J connectivity index is 1.85. The zero-order valence-electron chi connectivity index (χ0n) is 11.9. The molecule has 0 spiro atoms. The molecule has 1 saturated heterocycles. The number of nitrogens with zero attached hydrogens (tertiary/aromatic N) is 1. The van der Waals surface area contributed by atoms with E-state index in [1.165, 1.54) is 6.07 Å². The van der Waals surface area contributed by atoms with E-state index in [1.54, 1.807) is 25.3 Å². The second kappa shape index (κ2) is 6.07. The van der Waals surface area contributed by atoms with Crippen LogP contribution in [0.3, 0.4) is 0 Å². The van der Waals surface area contributed by atoms with Gasteiger partial charge in [-0.1, -0.05) is 5.16 Å². The van der Waals surface area contributed by atoms with E-state index in [2.05, 4.69) is 5.16 Å². The minimum Gasteiger partial charge on any atom is -0.493 e. The summed E-state index contributed by atoms with van der Waals surface area (Å²) in [6.07, 6.45) is 0.862. The lowest BCUT2D eigenvalue weighted by atomic mass is 10.1. The summed E-state index contributed by atoms with van der Waals surface area (Å²) in [5.41, 5.74) is 1.11. The molecule has 3 rings (SSSR count). The highest BCUT2D eigenvalue weighted by Gasteiger charge is 2.20. The second-order valence-electron chi connectivity index (χ2n) is 4.85. The van der Waals surface area contributed by atoms with E-state index in [0.717, 1.165) is 6.42 Å². The minimum absolute atomic E-state index is 0.0189. The molecule has 1 atom stereocenters. The monoisotopic (exact) mass is 305 g/mol. The maximum absolute atomic E-state index is 10.8. The molecule has 1 aromatic carbocycles. The van der Waals surface area contributed by atoms with Crippen molar-refractivity contribution in [3.8, 4) is 22.8 Å². The minimum atomic E-state index is -1.16. The molecule has 1 aliphatic heterocycles. The van der Waals surface area contributed by atoms with Gasteiger partial charge < -0.3 is 23.8 Å². The van der Waals surface area contributed by atoms with Crippen molar-refractivity contribution in [1.82, 2.24) is 5.16 Å². The molecule has 2 heterocycles. The molecular formula is C15H15NO6. The molecule has 0 amide bonds. The van der Waals surface area contributed by atoms with Gasteiger partial charge in [-0.15, -0.1) is 0 Å². The van der Waals surface area contributed by atoms with Crippen LogP contribution in [0.1, 0.15) is 17.0 Å². The van der Waals surface area contributed by atoms with Gasteiger partial charge in [-0.25, -0.2) is 4.79 Å². The lowest BCUT2D eigenvalue weighted by Gasteiger charge is -2.15. The number of ether oxygens (including phenoxy) is 3. The van der Waals surface area contributed by atoms with Gasteiger partial charge >= 0.3 is 5.97 Å². The van der Waals surface area contributed by atoms with Gasteiger partial charge in [0.1, 0.15) is 11.8 Å². The highest BCUT2D eigenvalue weighted by molar-refractivity contribution is 5.85. The van der Waals surface area contributed by atoms with Crippen molar-refractivity contribution in [2.24, 2.45) is 0 Å². The molecule has 1 N–H and O–H groups in total. The number of aromatic nitrogens is 1. The van der Waals surface area contributed by atoms with Gasteiger partial charge in [0.2, 0.25) is 5.76 Å². The van der Waals surface area contributed by atoms with Crippen LogP contribution in [0.15, 0.2) is 28.8 Å². The Labute approximate surface area is 126 Å². The van der Waals surface area contributed by atoms with Crippen LogP contribution < -0.4 is 9.47 Å². The van der Waals surface area contributed by atoms with Crippen LogP contribution >= 0.6 is 0 Å². The van der Waals surface area contributed by atoms with Crippen LogP contribution in [0.2, 0.25) is 0 Å². The highest BCUT2D eigenvalue weighted by atomic mass is 16.6. The van der Waals surface area contributed by atoms with E-state index in [0.29, 0.717) is 36.0 Å². The Morgan fingerprint density at radius 1 is 1.36 bits per heavy atom. The third-order valence-electron chi connectivity index (χ3n) is 3.36. The van der Waals surface area contributed by atoms with Crippen LogP contribution in [0.25, 0.3) is 11.3 Å². The summed E-state index contributed by atoms with van der Waals surface area (Å²) in [7, 11) is 1.54. The Bertz CT molecular complexity index is 674. The number of hydrogen-bond donors (Lipinski definition) is 1. The second-order valence-corrected chi connectivity index (χ2v) is 4.85. The number of hydrogen-bond acceptors (Lipinski definition) is 6. The Morgan fingerprint density at radius 2 is 2.23 bits per heavy atom. The molecule has 0 saturated carbocycles. The van der Waals surface area contributed by atoms with Crippen molar-refractivity contribution < 1.29 is 28.6 Å². The van der Waals surface area contributed by atoms with Gasteiger partial charge in [0.05, 0.1) is 20.3 Å². The van der Waals surface area contributed by atoms with E-state index < -0.39 is 5.97 Å². The number of rotatable bonds is 5. The van der Waals surface area contributed by atoms with E-state index >= 15 is 0 Å². The fourth-order valence-corrected chi connectivity index (χ4v) is 2.22. The Hall–Kier alpha value is -2.54. The largest absolute Gasteiger partial charge is 0.493 e. The zero-order valence-corrected chi connectivity index (χ0v) is 11.9. The molecule has 7 nitrogen and oxygen atoms in total. The summed E-state index contributed by atoms with van der Waals surface area (Å²) in [6, 6.07) is 6.63. The fourth-order valence-electron chi connectivity index (χ4n) is 2.22. The first-order valence-corrected chi connectivity index (χ1v) is 6.80. The number of carbonyl (C=O) groups is 1. The van der Waals surface area contributed by atoms with Crippen LogP contribution in [-0.4, -0.2) is 42.7 Å². The van der Waals surface area contributed by atoms with Crippen molar-refractivity contribution in [2.75, 3.05) is 20.3 Å². The predicted octanol–water partition coefficient (Wildman–Crippen LogP) is 2.22. The number of carboxylic acids is 1. The Morgan fingerprint density at radius 3 is 2.86 bits per heavy atom. The van der Waals surface area contributed by atoms with E-state index in [1.807, 2.05) is 0 Å². The maximum Gasteiger partial charge on any atom is 0.374 e. The van der Waals surface area contributed by atoms with Gasteiger partial charge in [0.25, 0.3) is 0 Å². The van der Waals surface area contributed by atoms with Crippen molar-refractivity contribution in [3.63, 3.8) is 0 Å². The number of carboxylic acid groups (broad SMARTS) is 1. The average Bonchev–Trinajstić information content (AvgIpc) is 3.18. The summed E-state index contributed by atoms with van der Waals surface area (Å²) < 4.78 is 21.2. The topological polar surface area (TPSA) is 91.0 Å². The van der Waals surface area contributed by atoms with Gasteiger partial charge in [-0.3, -0.25) is 0 Å². The first-order valence-electron chi connectivity index (χ1n) is 6.80. The number of methoxy groups -OCH3 is 1. The lowest BCUT2D eigenvalue weighted by molar-refractivity contribution is 0.0652. The molecule has 0 bridgehead atoms. The zero-order chi connectivity index (χ0) is 15.5. The molecular weight excluding hydrogens is 290 g/mol. The molecule has 1 aliphatic rings. The Kier molecular flexibility index (Phi) is 3.97. The predicted molar refractivity (Wildman–Crippen MR) is 75.3 cm³/mol. The standard InChI is InChI=1S/C15H15NO6/c1-19-13-6-9(11-7-14(15(17)18)22-16-11)2-3-12(13)21-10-4-5-20-8-10/h2-3,6-7,10H,4-5,8H2,1H3,(H,17,18). The summed E-state index contributed by atoms with van der Waals surface area (Å²) in [5.74, 6) is -0.211. The third kappa shape index (κ3) is 2.89. The molecule has 1 fully saturated rings. The van der Waals surface area contributed by atoms with E-state index in [-0.39, 0.29) is 11.9 Å². The molecule has 1 aromatic heterocycles. The van der Waals surface area contributed by atoms with Crippen LogP contribution in [-0.2, 0) is 4.74 Å². The summed E-state index contributed by atoms with van der Waals surface area (Å²) in [5, 5.41) is 12.6. The maximum atomic E-state index is 10.8. The van der Waals surface area contributed by atoms with E-state index in [4.69, 9.17) is 23.8 Å². The number of benzene rings is 1. The van der Waals surface area contributed by atoms with Gasteiger partial charge in [-0.2, -0.15) is 0 Å². The van der Waals surface area contributed by atoms with Crippen LogP contribution in [0, 0.1) is 0 Å². The van der Waals surface area contributed by atoms with Crippen molar-refractivity contribution in [1.29, 1.82) is 0 Å². The normalized spacial score (nSPS) is 17.4. The summed E-state index contributed by atoms with van der Waals surface area (Å²) in [6.45, 7) is 1.26. The molecule has 7 heteroatoms. The lowest BCUT2D eigenvalue weighted by Crippen LogP contribution is -2.16. The molecule has 1 unspecified atom stereocenters. The first-order chi connectivity index (χ1) is 10.7. The first kappa shape index (κ1) is 14.4. The van der Waals surface area contributed by atoms with Gasteiger partial charge in [0, 0.05) is 18.1 Å². The highest BCUT2D eigenvalue weighted by Crippen LogP contribution is 2.33. The molecule has 0 radical (unpaired) electrons. The van der Waals surface area contributed by atoms with Crippen molar-refractivity contribution in [2.45, 2.75) is 12.5 Å². The summed E-state index contributed by atoms with van der Waals surface area (Å²) in [4.78, 5) is 10.8. The van der Waals surface area contributed by atoms with Gasteiger partial charge in [-0.05, 0) is 18.2 Å². The van der Waals surface area contributed by atoms with Crippen molar-refractivity contribution in [3.05, 3.63) is 30.0 Å². The van der Waals surface area contributed by atoms with Crippen LogP contribution in [0.4, 0.5) is 0 Å². The third-order valence-corrected chi connectivity index (χ3v) is 3.36. The molecule has 0 aliphatic carbocycles. The smallest absolute Gasteiger partial charge is 0.374 e. The van der Waals surface area contributed by atoms with Crippen LogP contribution in [0.5, 0.6) is 11.5 Å². The van der Waals surface area contributed by atoms with Crippen molar-refractivity contribution >= 4 is 5.97 Å². The van der Waals surface area contributed by atoms with E-state index in [9.17, 15) is 4.79 Å². The quantitative estimate of drug-likeness (QED) is 0.905. The average molecular weight is 305 g/mol. The number of aromatic carboxylic acids is 1. The molecule has 2 aromatic rings. The molecule has 116 valence electrons. The summed E-state index contributed by atoms with van der Waals surface area (Å²) >= 11 is 0. The SMILES string of the molecule is COc1cc(-c2cc(C(=O)O)on2)ccc1OC1CCOC1. The van der Waals surface area contributed by atoms with Gasteiger partial charge in [0.15, 0.2) is 11.5 Å².